The fraction of sp³-hybridized carbons (Fsp3) is 0.526. The molecular weight excluding hydrogens is 270 g/mol. The van der Waals surface area contributed by atoms with Gasteiger partial charge in [0.15, 0.2) is 0 Å². The highest BCUT2D eigenvalue weighted by Gasteiger charge is 2.33. The van der Waals surface area contributed by atoms with Crippen molar-refractivity contribution in [3.63, 3.8) is 0 Å². The van der Waals surface area contributed by atoms with Crippen molar-refractivity contribution in [2.24, 2.45) is 5.92 Å². The number of imidazole rings is 1. The smallest absolute Gasteiger partial charge is 0.114 e. The summed E-state index contributed by atoms with van der Waals surface area (Å²) in [4.78, 5) is 7.24. The van der Waals surface area contributed by atoms with Gasteiger partial charge in [0.1, 0.15) is 5.82 Å². The Hall–Kier alpha value is -1.61. The number of likely N-dealkylation sites (tertiary alicyclic amines) is 1. The molecule has 1 saturated carbocycles. The largest absolute Gasteiger partial charge is 0.332 e. The molecule has 2 aliphatic rings. The molecule has 0 bridgehead atoms. The molecule has 2 fully saturated rings. The zero-order valence-electron chi connectivity index (χ0n) is 13.6. The highest BCUT2D eigenvalue weighted by atomic mass is 15.2. The van der Waals surface area contributed by atoms with Gasteiger partial charge in [0, 0.05) is 44.0 Å². The summed E-state index contributed by atoms with van der Waals surface area (Å²) >= 11 is 0. The monoisotopic (exact) mass is 295 g/mol. The molecule has 1 aliphatic carbocycles. The topological polar surface area (TPSA) is 21.1 Å². The van der Waals surface area contributed by atoms with Gasteiger partial charge in [-0.3, -0.25) is 4.90 Å². The third kappa shape index (κ3) is 2.82. The van der Waals surface area contributed by atoms with Crippen molar-refractivity contribution in [1.29, 1.82) is 0 Å². The zero-order chi connectivity index (χ0) is 15.1. The third-order valence-electron chi connectivity index (χ3n) is 5.03. The molecule has 2 heterocycles. The van der Waals surface area contributed by atoms with E-state index in [1.807, 2.05) is 0 Å². The number of aromatic nitrogens is 2. The molecule has 0 unspecified atom stereocenters. The maximum absolute atomic E-state index is 4.71. The molecule has 1 aliphatic heterocycles. The minimum atomic E-state index is 0.622. The SMILES string of the molecule is Cc1cccc(CN2CC(c3ncc(C)n3CC3CC3)C2)c1. The zero-order valence-corrected chi connectivity index (χ0v) is 13.6. The number of aryl methyl sites for hydroxylation is 2. The maximum atomic E-state index is 4.71. The van der Waals surface area contributed by atoms with Gasteiger partial charge in [0.25, 0.3) is 0 Å². The molecular formula is C19H25N3. The molecule has 2 aromatic rings. The Bertz CT molecular complexity index is 663. The number of hydrogen-bond donors (Lipinski definition) is 0. The predicted molar refractivity (Wildman–Crippen MR) is 88.9 cm³/mol. The average molecular weight is 295 g/mol. The van der Waals surface area contributed by atoms with E-state index in [-0.39, 0.29) is 0 Å². The molecule has 0 atom stereocenters. The van der Waals surface area contributed by atoms with E-state index in [9.17, 15) is 0 Å². The van der Waals surface area contributed by atoms with Gasteiger partial charge in [0.05, 0.1) is 0 Å². The lowest BCUT2D eigenvalue weighted by atomic mass is 9.98. The first-order chi connectivity index (χ1) is 10.7. The average Bonchev–Trinajstić information content (AvgIpc) is 3.20. The normalized spacial score (nSPS) is 19.4. The van der Waals surface area contributed by atoms with E-state index in [1.54, 1.807) is 0 Å². The molecule has 0 radical (unpaired) electrons. The molecule has 0 N–H and O–H groups in total. The van der Waals surface area contributed by atoms with Crippen LogP contribution in [-0.4, -0.2) is 27.5 Å². The first-order valence-corrected chi connectivity index (χ1v) is 8.49. The third-order valence-corrected chi connectivity index (χ3v) is 5.03. The second kappa shape index (κ2) is 5.54. The summed E-state index contributed by atoms with van der Waals surface area (Å²) in [6.45, 7) is 8.92. The van der Waals surface area contributed by atoms with E-state index in [4.69, 9.17) is 4.98 Å². The van der Waals surface area contributed by atoms with Crippen molar-refractivity contribution in [2.75, 3.05) is 13.1 Å². The van der Waals surface area contributed by atoms with Gasteiger partial charge in [-0.25, -0.2) is 4.98 Å². The lowest BCUT2D eigenvalue weighted by molar-refractivity contribution is 0.132. The van der Waals surface area contributed by atoms with Gasteiger partial charge in [-0.05, 0) is 38.2 Å². The Balaban J connectivity index is 1.39. The molecule has 3 heteroatoms. The predicted octanol–water partition coefficient (Wildman–Crippen LogP) is 3.51. The molecule has 0 spiro atoms. The summed E-state index contributed by atoms with van der Waals surface area (Å²) < 4.78 is 2.48. The lowest BCUT2D eigenvalue weighted by Gasteiger charge is -2.39. The number of nitrogens with zero attached hydrogens (tertiary/aromatic N) is 3. The quantitative estimate of drug-likeness (QED) is 0.841. The van der Waals surface area contributed by atoms with E-state index >= 15 is 0 Å². The summed E-state index contributed by atoms with van der Waals surface area (Å²) in [5, 5.41) is 0. The molecule has 4 rings (SSSR count). The Kier molecular flexibility index (Phi) is 3.53. The minimum Gasteiger partial charge on any atom is -0.332 e. The van der Waals surface area contributed by atoms with Gasteiger partial charge in [-0.2, -0.15) is 0 Å². The number of hydrogen-bond acceptors (Lipinski definition) is 2. The van der Waals surface area contributed by atoms with Crippen LogP contribution in [0.15, 0.2) is 30.5 Å². The fourth-order valence-electron chi connectivity index (χ4n) is 3.53. The highest BCUT2D eigenvalue weighted by Crippen LogP contribution is 2.34. The molecule has 3 nitrogen and oxygen atoms in total. The summed E-state index contributed by atoms with van der Waals surface area (Å²) in [5.74, 6) is 2.86. The fourth-order valence-corrected chi connectivity index (χ4v) is 3.53. The Morgan fingerprint density at radius 2 is 2.00 bits per heavy atom. The van der Waals surface area contributed by atoms with E-state index in [2.05, 4.69) is 53.8 Å². The molecule has 0 amide bonds. The molecule has 1 aromatic heterocycles. The Morgan fingerprint density at radius 3 is 2.73 bits per heavy atom. The van der Waals surface area contributed by atoms with Gasteiger partial charge in [0.2, 0.25) is 0 Å². The maximum Gasteiger partial charge on any atom is 0.114 e. The van der Waals surface area contributed by atoms with Crippen LogP contribution in [0.25, 0.3) is 0 Å². The van der Waals surface area contributed by atoms with Gasteiger partial charge in [-0.15, -0.1) is 0 Å². The van der Waals surface area contributed by atoms with Crippen LogP contribution in [-0.2, 0) is 13.1 Å². The van der Waals surface area contributed by atoms with E-state index in [0.29, 0.717) is 5.92 Å². The summed E-state index contributed by atoms with van der Waals surface area (Å²) in [5.41, 5.74) is 4.11. The van der Waals surface area contributed by atoms with Crippen molar-refractivity contribution in [3.05, 3.63) is 53.1 Å². The standard InChI is InChI=1S/C19H25N3/c1-14-4-3-5-17(8-14)10-21-12-18(13-21)19-20-9-15(2)22(19)11-16-6-7-16/h3-5,8-9,16,18H,6-7,10-13H2,1-2H3. The van der Waals surface area contributed by atoms with E-state index in [1.165, 1.54) is 42.0 Å². The molecule has 116 valence electrons. The van der Waals surface area contributed by atoms with Crippen molar-refractivity contribution in [1.82, 2.24) is 14.5 Å². The van der Waals surface area contributed by atoms with Crippen LogP contribution in [0.3, 0.4) is 0 Å². The second-order valence-corrected chi connectivity index (χ2v) is 7.19. The van der Waals surface area contributed by atoms with Crippen LogP contribution in [0.4, 0.5) is 0 Å². The summed E-state index contributed by atoms with van der Waals surface area (Å²) in [6.07, 6.45) is 4.86. The van der Waals surface area contributed by atoms with Gasteiger partial charge in [-0.1, -0.05) is 29.8 Å². The van der Waals surface area contributed by atoms with Crippen LogP contribution in [0, 0.1) is 19.8 Å². The van der Waals surface area contributed by atoms with Crippen LogP contribution in [0.2, 0.25) is 0 Å². The summed E-state index contributed by atoms with van der Waals surface area (Å²) in [7, 11) is 0. The first-order valence-electron chi connectivity index (χ1n) is 8.49. The number of benzene rings is 1. The Labute approximate surface area is 133 Å². The molecule has 1 aromatic carbocycles. The van der Waals surface area contributed by atoms with Crippen molar-refractivity contribution < 1.29 is 0 Å². The highest BCUT2D eigenvalue weighted by molar-refractivity contribution is 5.23. The second-order valence-electron chi connectivity index (χ2n) is 7.19. The van der Waals surface area contributed by atoms with Crippen LogP contribution in [0.5, 0.6) is 0 Å². The van der Waals surface area contributed by atoms with Crippen molar-refractivity contribution >= 4 is 0 Å². The minimum absolute atomic E-state index is 0.622. The van der Waals surface area contributed by atoms with Crippen LogP contribution < -0.4 is 0 Å². The van der Waals surface area contributed by atoms with Crippen molar-refractivity contribution in [2.45, 2.75) is 45.7 Å². The van der Waals surface area contributed by atoms with E-state index < -0.39 is 0 Å². The van der Waals surface area contributed by atoms with Gasteiger partial charge >= 0.3 is 0 Å². The molecule has 22 heavy (non-hydrogen) atoms. The number of rotatable bonds is 5. The molecule has 1 saturated heterocycles. The van der Waals surface area contributed by atoms with Crippen molar-refractivity contribution in [3.8, 4) is 0 Å². The lowest BCUT2D eigenvalue weighted by Crippen LogP contribution is -2.45. The summed E-state index contributed by atoms with van der Waals surface area (Å²) in [6, 6.07) is 8.86. The van der Waals surface area contributed by atoms with Crippen LogP contribution in [0.1, 0.15) is 41.4 Å². The first kappa shape index (κ1) is 14.0. The van der Waals surface area contributed by atoms with Crippen LogP contribution >= 0.6 is 0 Å². The van der Waals surface area contributed by atoms with Gasteiger partial charge < -0.3 is 4.57 Å². The van der Waals surface area contributed by atoms with E-state index in [0.717, 1.165) is 25.6 Å². The Morgan fingerprint density at radius 1 is 1.18 bits per heavy atom.